The maximum Gasteiger partial charge on any atom is 0.278 e. The van der Waals surface area contributed by atoms with Crippen LogP contribution >= 0.6 is 23.4 Å². The van der Waals surface area contributed by atoms with Gasteiger partial charge in [-0.2, -0.15) is 0 Å². The van der Waals surface area contributed by atoms with Gasteiger partial charge in [0.05, 0.1) is 6.04 Å². The van der Waals surface area contributed by atoms with Crippen LogP contribution in [-0.2, 0) is 11.3 Å². The summed E-state index contributed by atoms with van der Waals surface area (Å²) in [5.41, 5.74) is 3.65. The average molecular weight is 402 g/mol. The quantitative estimate of drug-likeness (QED) is 0.801. The summed E-state index contributed by atoms with van der Waals surface area (Å²) in [7, 11) is 0. The molecule has 1 N–H and O–H groups in total. The van der Waals surface area contributed by atoms with Crippen LogP contribution < -0.4 is 4.90 Å². The zero-order chi connectivity index (χ0) is 18.8. The minimum absolute atomic E-state index is 0.0472. The Balaban J connectivity index is 1.46. The van der Waals surface area contributed by atoms with Crippen molar-refractivity contribution >= 4 is 29.3 Å². The van der Waals surface area contributed by atoms with Gasteiger partial charge in [-0.05, 0) is 13.0 Å². The van der Waals surface area contributed by atoms with E-state index in [4.69, 9.17) is 11.6 Å². The van der Waals surface area contributed by atoms with E-state index >= 15 is 0 Å². The Kier molecular flexibility index (Phi) is 5.76. The lowest BCUT2D eigenvalue weighted by Crippen LogP contribution is -3.13. The predicted molar refractivity (Wildman–Crippen MR) is 112 cm³/mol. The van der Waals surface area contributed by atoms with Gasteiger partial charge in [0, 0.05) is 41.3 Å². The molecule has 1 saturated carbocycles. The molecule has 0 radical (unpaired) electrons. The second kappa shape index (κ2) is 8.26. The number of nitrogens with zero attached hydrogens (tertiary/aromatic N) is 1. The molecule has 0 bridgehead atoms. The highest BCUT2D eigenvalue weighted by Gasteiger charge is 2.38. The van der Waals surface area contributed by atoms with E-state index in [2.05, 4.69) is 31.2 Å². The van der Waals surface area contributed by atoms with Gasteiger partial charge in [-0.1, -0.05) is 59.6 Å². The fourth-order valence-corrected chi connectivity index (χ4v) is 5.38. The highest BCUT2D eigenvalue weighted by atomic mass is 35.5. The molecule has 1 amide bonds. The van der Waals surface area contributed by atoms with Crippen molar-refractivity contribution in [3.8, 4) is 0 Å². The molecule has 2 atom stereocenters. The first-order chi connectivity index (χ1) is 13.1. The average Bonchev–Trinajstić information content (AvgIpc) is 3.40. The molecular formula is C22H26ClN2OS+. The molecule has 2 aromatic carbocycles. The summed E-state index contributed by atoms with van der Waals surface area (Å²) in [4.78, 5) is 16.6. The molecule has 2 fully saturated rings. The zero-order valence-corrected chi connectivity index (χ0v) is 17.2. The van der Waals surface area contributed by atoms with Crippen LogP contribution in [0.4, 0.5) is 0 Å². The van der Waals surface area contributed by atoms with Crippen LogP contribution in [-0.4, -0.2) is 35.7 Å². The van der Waals surface area contributed by atoms with Crippen LogP contribution in [0.2, 0.25) is 5.02 Å². The van der Waals surface area contributed by atoms with Gasteiger partial charge < -0.3 is 9.80 Å². The second-order valence-electron chi connectivity index (χ2n) is 7.60. The first kappa shape index (κ1) is 18.9. The highest BCUT2D eigenvalue weighted by molar-refractivity contribution is 7.99. The fraction of sp³-hybridized carbons (Fsp3) is 0.409. The largest absolute Gasteiger partial charge is 0.321 e. The molecule has 1 saturated heterocycles. The number of hydrogen-bond acceptors (Lipinski definition) is 2. The summed E-state index contributed by atoms with van der Waals surface area (Å²) in [6.07, 6.45) is 2.47. The molecule has 142 valence electrons. The number of nitrogens with one attached hydrogen (secondary N) is 1. The predicted octanol–water partition coefficient (Wildman–Crippen LogP) is 3.47. The smallest absolute Gasteiger partial charge is 0.278 e. The van der Waals surface area contributed by atoms with E-state index in [0.29, 0.717) is 12.6 Å². The highest BCUT2D eigenvalue weighted by Crippen LogP contribution is 2.40. The Hall–Kier alpha value is -1.49. The maximum absolute atomic E-state index is 13.2. The molecule has 3 nitrogen and oxygen atoms in total. The standard InChI is InChI=1S/C22H25ClN2OS/c1-16-6-8-17(9-7-16)14-24(18-10-11-18)15-21(26)25-12-13-27-22(25)19-4-2-3-5-20(19)23/h2-9,18,22H,10-15H2,1H3/p+1/t22-/m0/s1. The van der Waals surface area contributed by atoms with Gasteiger partial charge in [0.2, 0.25) is 0 Å². The Morgan fingerprint density at radius 3 is 2.63 bits per heavy atom. The fourth-order valence-electron chi connectivity index (χ4n) is 3.77. The number of carbonyl (C=O) groups is 1. The number of aryl methyl sites for hydroxylation is 1. The summed E-state index contributed by atoms with van der Waals surface area (Å²) in [6, 6.07) is 17.2. The first-order valence-corrected chi connectivity index (χ1v) is 11.1. The van der Waals surface area contributed by atoms with Crippen LogP contribution in [0.25, 0.3) is 0 Å². The van der Waals surface area contributed by atoms with Gasteiger partial charge in [-0.25, -0.2) is 0 Å². The molecule has 1 unspecified atom stereocenters. The summed E-state index contributed by atoms with van der Waals surface area (Å²) >= 11 is 8.22. The molecule has 2 aromatic rings. The van der Waals surface area contributed by atoms with Crippen LogP contribution in [0.3, 0.4) is 0 Å². The van der Waals surface area contributed by atoms with E-state index in [1.54, 1.807) is 0 Å². The molecule has 27 heavy (non-hydrogen) atoms. The van der Waals surface area contributed by atoms with Crippen molar-refractivity contribution in [2.45, 2.75) is 37.7 Å². The normalized spacial score (nSPS) is 20.7. The minimum Gasteiger partial charge on any atom is -0.321 e. The molecular weight excluding hydrogens is 376 g/mol. The zero-order valence-electron chi connectivity index (χ0n) is 15.7. The maximum atomic E-state index is 13.2. The van der Waals surface area contributed by atoms with Crippen molar-refractivity contribution in [1.29, 1.82) is 0 Å². The van der Waals surface area contributed by atoms with E-state index in [1.165, 1.54) is 28.9 Å². The van der Waals surface area contributed by atoms with Crippen molar-refractivity contribution < 1.29 is 9.69 Å². The molecule has 1 aliphatic heterocycles. The van der Waals surface area contributed by atoms with E-state index < -0.39 is 0 Å². The van der Waals surface area contributed by atoms with Gasteiger partial charge in [0.25, 0.3) is 5.91 Å². The van der Waals surface area contributed by atoms with Crippen molar-refractivity contribution in [2.24, 2.45) is 0 Å². The van der Waals surface area contributed by atoms with E-state index in [1.807, 2.05) is 40.9 Å². The number of benzene rings is 2. The van der Waals surface area contributed by atoms with Crippen LogP contribution in [0.5, 0.6) is 0 Å². The number of carbonyl (C=O) groups excluding carboxylic acids is 1. The van der Waals surface area contributed by atoms with Crippen molar-refractivity contribution in [2.75, 3.05) is 18.8 Å². The Morgan fingerprint density at radius 2 is 1.93 bits per heavy atom. The topological polar surface area (TPSA) is 24.8 Å². The van der Waals surface area contributed by atoms with Crippen molar-refractivity contribution in [1.82, 2.24) is 4.90 Å². The summed E-state index contributed by atoms with van der Waals surface area (Å²) in [6.45, 7) is 4.41. The number of quaternary nitrogens is 1. The molecule has 0 spiro atoms. The SMILES string of the molecule is Cc1ccc(C[NH+](CC(=O)N2CCS[C@H]2c2ccccc2Cl)C2CC2)cc1. The first-order valence-electron chi connectivity index (χ1n) is 9.67. The summed E-state index contributed by atoms with van der Waals surface area (Å²) in [5.74, 6) is 1.22. The number of hydrogen-bond donors (Lipinski definition) is 1. The lowest BCUT2D eigenvalue weighted by atomic mass is 10.1. The Bertz CT molecular complexity index is 806. The number of thioether (sulfide) groups is 1. The van der Waals surface area contributed by atoms with Crippen LogP contribution in [0.1, 0.15) is 34.9 Å². The van der Waals surface area contributed by atoms with E-state index in [9.17, 15) is 4.79 Å². The van der Waals surface area contributed by atoms with Gasteiger partial charge in [-0.15, -0.1) is 11.8 Å². The third kappa shape index (κ3) is 4.50. The second-order valence-corrected chi connectivity index (χ2v) is 9.20. The van der Waals surface area contributed by atoms with Gasteiger partial charge in [0.15, 0.2) is 6.54 Å². The summed E-state index contributed by atoms with van der Waals surface area (Å²) < 4.78 is 0. The van der Waals surface area contributed by atoms with E-state index in [-0.39, 0.29) is 11.3 Å². The van der Waals surface area contributed by atoms with E-state index in [0.717, 1.165) is 29.4 Å². The monoisotopic (exact) mass is 401 g/mol. The molecule has 0 aromatic heterocycles. The van der Waals surface area contributed by atoms with Gasteiger partial charge in [-0.3, -0.25) is 4.79 Å². The molecule has 1 heterocycles. The lowest BCUT2D eigenvalue weighted by molar-refractivity contribution is -0.917. The Morgan fingerprint density at radius 1 is 1.19 bits per heavy atom. The van der Waals surface area contributed by atoms with Gasteiger partial charge >= 0.3 is 0 Å². The number of halogens is 1. The Labute approximate surface area is 170 Å². The summed E-state index contributed by atoms with van der Waals surface area (Å²) in [5, 5.41) is 0.798. The lowest BCUT2D eigenvalue weighted by Gasteiger charge is -2.27. The van der Waals surface area contributed by atoms with Crippen molar-refractivity contribution in [3.63, 3.8) is 0 Å². The number of amides is 1. The molecule has 2 aliphatic rings. The third-order valence-electron chi connectivity index (χ3n) is 5.47. The van der Waals surface area contributed by atoms with Crippen molar-refractivity contribution in [3.05, 3.63) is 70.2 Å². The number of rotatable bonds is 6. The molecule has 5 heteroatoms. The minimum atomic E-state index is 0.0472. The van der Waals surface area contributed by atoms with Gasteiger partial charge in [0.1, 0.15) is 11.9 Å². The third-order valence-corrected chi connectivity index (χ3v) is 7.05. The van der Waals surface area contributed by atoms with Crippen LogP contribution in [0.15, 0.2) is 48.5 Å². The molecule has 1 aliphatic carbocycles. The van der Waals surface area contributed by atoms with Crippen LogP contribution in [0, 0.1) is 6.92 Å². The molecule has 4 rings (SSSR count).